The quantitative estimate of drug-likeness (QED) is 0.888. The fourth-order valence-corrected chi connectivity index (χ4v) is 2.31. The van der Waals surface area contributed by atoms with Crippen LogP contribution in [0.15, 0.2) is 28.7 Å². The van der Waals surface area contributed by atoms with Crippen molar-refractivity contribution in [3.8, 4) is 0 Å². The van der Waals surface area contributed by atoms with Gasteiger partial charge in [-0.25, -0.2) is 4.39 Å². The summed E-state index contributed by atoms with van der Waals surface area (Å²) in [7, 11) is 0. The molecule has 0 saturated heterocycles. The van der Waals surface area contributed by atoms with Crippen LogP contribution in [0.2, 0.25) is 0 Å². The second-order valence-electron chi connectivity index (χ2n) is 5.11. The lowest BCUT2D eigenvalue weighted by molar-refractivity contribution is -0.114. The van der Waals surface area contributed by atoms with Gasteiger partial charge in [0, 0.05) is 18.2 Å². The molecular weight excluding hydrogens is 271 g/mol. The molecule has 0 aliphatic rings. The lowest BCUT2D eigenvalue weighted by atomic mass is 10.1. The van der Waals surface area contributed by atoms with E-state index in [1.165, 1.54) is 13.0 Å². The molecule has 2 aromatic rings. The smallest absolute Gasteiger partial charge is 0.221 e. The van der Waals surface area contributed by atoms with Gasteiger partial charge in [-0.15, -0.1) is 0 Å². The van der Waals surface area contributed by atoms with E-state index in [1.807, 2.05) is 26.8 Å². The van der Waals surface area contributed by atoms with Crippen molar-refractivity contribution in [3.05, 3.63) is 47.2 Å². The third kappa shape index (κ3) is 3.62. The molecule has 1 heterocycles. The zero-order chi connectivity index (χ0) is 15.6. The van der Waals surface area contributed by atoms with Crippen molar-refractivity contribution in [2.45, 2.75) is 33.7 Å². The van der Waals surface area contributed by atoms with Crippen molar-refractivity contribution in [1.82, 2.24) is 0 Å². The van der Waals surface area contributed by atoms with E-state index in [1.54, 1.807) is 12.1 Å². The molecular formula is C16H19FN2O2. The number of hydrogen-bond acceptors (Lipinski definition) is 3. The molecule has 1 atom stereocenters. The number of anilines is 2. The van der Waals surface area contributed by atoms with Gasteiger partial charge in [-0.3, -0.25) is 4.79 Å². The standard InChI is InChI=1S/C16H19FN2O2/c1-9-7-14(11(3)21-9)10(2)18-13-5-6-15(17)16(8-13)19-12(4)20/h5-8,10,18H,1-4H3,(H,19,20). The maximum Gasteiger partial charge on any atom is 0.221 e. The van der Waals surface area contributed by atoms with E-state index >= 15 is 0 Å². The Morgan fingerprint density at radius 3 is 2.57 bits per heavy atom. The van der Waals surface area contributed by atoms with Gasteiger partial charge in [0.05, 0.1) is 11.7 Å². The van der Waals surface area contributed by atoms with E-state index in [0.717, 1.165) is 22.8 Å². The molecule has 5 heteroatoms. The Balaban J connectivity index is 2.19. The highest BCUT2D eigenvalue weighted by molar-refractivity contribution is 5.89. The van der Waals surface area contributed by atoms with Gasteiger partial charge in [0.2, 0.25) is 5.91 Å². The number of carbonyl (C=O) groups is 1. The number of carbonyl (C=O) groups excluding carboxylic acids is 1. The summed E-state index contributed by atoms with van der Waals surface area (Å²) in [5.74, 6) is 0.949. The summed E-state index contributed by atoms with van der Waals surface area (Å²) in [6.45, 7) is 7.16. The number of halogens is 1. The normalized spacial score (nSPS) is 12.0. The Morgan fingerprint density at radius 1 is 1.29 bits per heavy atom. The minimum Gasteiger partial charge on any atom is -0.466 e. The predicted molar refractivity (Wildman–Crippen MR) is 80.9 cm³/mol. The second kappa shape index (κ2) is 5.99. The van der Waals surface area contributed by atoms with Gasteiger partial charge in [-0.1, -0.05) is 0 Å². The topological polar surface area (TPSA) is 54.3 Å². The summed E-state index contributed by atoms with van der Waals surface area (Å²) in [4.78, 5) is 11.1. The molecule has 0 aliphatic heterocycles. The van der Waals surface area contributed by atoms with Gasteiger partial charge in [-0.2, -0.15) is 0 Å². The van der Waals surface area contributed by atoms with Gasteiger partial charge in [0.15, 0.2) is 0 Å². The van der Waals surface area contributed by atoms with Crippen molar-refractivity contribution >= 4 is 17.3 Å². The van der Waals surface area contributed by atoms with E-state index in [2.05, 4.69) is 10.6 Å². The molecule has 0 saturated carbocycles. The number of rotatable bonds is 4. The van der Waals surface area contributed by atoms with E-state index in [9.17, 15) is 9.18 Å². The third-order valence-electron chi connectivity index (χ3n) is 3.21. The minimum atomic E-state index is -0.460. The highest BCUT2D eigenvalue weighted by atomic mass is 19.1. The van der Waals surface area contributed by atoms with Crippen molar-refractivity contribution in [2.75, 3.05) is 10.6 Å². The molecule has 112 valence electrons. The number of furan rings is 1. The lowest BCUT2D eigenvalue weighted by Crippen LogP contribution is -2.10. The molecule has 21 heavy (non-hydrogen) atoms. The van der Waals surface area contributed by atoms with Crippen molar-refractivity contribution in [2.24, 2.45) is 0 Å². The second-order valence-corrected chi connectivity index (χ2v) is 5.11. The van der Waals surface area contributed by atoms with Crippen LogP contribution in [0.1, 0.15) is 37.0 Å². The zero-order valence-electron chi connectivity index (χ0n) is 12.6. The van der Waals surface area contributed by atoms with Crippen LogP contribution in [-0.2, 0) is 4.79 Å². The Kier molecular flexibility index (Phi) is 4.31. The van der Waals surface area contributed by atoms with Crippen LogP contribution in [0, 0.1) is 19.7 Å². The van der Waals surface area contributed by atoms with E-state index in [4.69, 9.17) is 4.42 Å². The first-order chi connectivity index (χ1) is 9.86. The van der Waals surface area contributed by atoms with Crippen LogP contribution >= 0.6 is 0 Å². The minimum absolute atomic E-state index is 0.0121. The Hall–Kier alpha value is -2.30. The van der Waals surface area contributed by atoms with E-state index in [0.29, 0.717) is 0 Å². The summed E-state index contributed by atoms with van der Waals surface area (Å²) in [5, 5.41) is 5.74. The van der Waals surface area contributed by atoms with Crippen molar-refractivity contribution < 1.29 is 13.6 Å². The molecule has 0 fully saturated rings. The molecule has 1 aromatic heterocycles. The fraction of sp³-hybridized carbons (Fsp3) is 0.312. The number of aryl methyl sites for hydroxylation is 2. The number of amides is 1. The number of hydrogen-bond donors (Lipinski definition) is 2. The van der Waals surface area contributed by atoms with Gasteiger partial charge in [0.25, 0.3) is 0 Å². The van der Waals surface area contributed by atoms with Crippen molar-refractivity contribution in [1.29, 1.82) is 0 Å². The first kappa shape index (κ1) is 15.1. The summed E-state index contributed by atoms with van der Waals surface area (Å²) in [6, 6.07) is 6.53. The van der Waals surface area contributed by atoms with Crippen LogP contribution in [-0.4, -0.2) is 5.91 Å². The van der Waals surface area contributed by atoms with E-state index in [-0.39, 0.29) is 17.6 Å². The first-order valence-electron chi connectivity index (χ1n) is 6.77. The fourth-order valence-electron chi connectivity index (χ4n) is 2.31. The summed E-state index contributed by atoms with van der Waals surface area (Å²) in [6.07, 6.45) is 0. The van der Waals surface area contributed by atoms with Crippen LogP contribution in [0.4, 0.5) is 15.8 Å². The zero-order valence-corrected chi connectivity index (χ0v) is 12.6. The van der Waals surface area contributed by atoms with Gasteiger partial charge in [-0.05, 0) is 45.0 Å². The van der Waals surface area contributed by atoms with Crippen LogP contribution < -0.4 is 10.6 Å². The van der Waals surface area contributed by atoms with Crippen LogP contribution in [0.5, 0.6) is 0 Å². The monoisotopic (exact) mass is 290 g/mol. The van der Waals surface area contributed by atoms with Crippen LogP contribution in [0.3, 0.4) is 0 Å². The molecule has 0 bridgehead atoms. The lowest BCUT2D eigenvalue weighted by Gasteiger charge is -2.16. The average Bonchev–Trinajstić information content (AvgIpc) is 2.72. The molecule has 1 aromatic carbocycles. The molecule has 2 rings (SSSR count). The average molecular weight is 290 g/mol. The molecule has 0 aliphatic carbocycles. The van der Waals surface area contributed by atoms with Gasteiger partial charge >= 0.3 is 0 Å². The number of benzene rings is 1. The molecule has 0 radical (unpaired) electrons. The molecule has 1 unspecified atom stereocenters. The van der Waals surface area contributed by atoms with Crippen molar-refractivity contribution in [3.63, 3.8) is 0 Å². The predicted octanol–water partition coefficient (Wildman–Crippen LogP) is 4.17. The van der Waals surface area contributed by atoms with Crippen LogP contribution in [0.25, 0.3) is 0 Å². The summed E-state index contributed by atoms with van der Waals surface area (Å²) < 4.78 is 19.1. The molecule has 2 N–H and O–H groups in total. The van der Waals surface area contributed by atoms with Gasteiger partial charge < -0.3 is 15.1 Å². The Labute approximate surface area is 123 Å². The van der Waals surface area contributed by atoms with Gasteiger partial charge in [0.1, 0.15) is 17.3 Å². The Morgan fingerprint density at radius 2 is 2.00 bits per heavy atom. The maximum atomic E-state index is 13.6. The first-order valence-corrected chi connectivity index (χ1v) is 6.77. The molecule has 1 amide bonds. The largest absolute Gasteiger partial charge is 0.466 e. The number of nitrogens with one attached hydrogen (secondary N) is 2. The summed E-state index contributed by atoms with van der Waals surface area (Å²) in [5.41, 5.74) is 1.95. The van der Waals surface area contributed by atoms with E-state index < -0.39 is 5.82 Å². The Bertz CT molecular complexity index is 664. The molecule has 0 spiro atoms. The highest BCUT2D eigenvalue weighted by Crippen LogP contribution is 2.27. The third-order valence-corrected chi connectivity index (χ3v) is 3.21. The SMILES string of the molecule is CC(=O)Nc1cc(NC(C)c2cc(C)oc2C)ccc1F. The highest BCUT2D eigenvalue weighted by Gasteiger charge is 2.13. The summed E-state index contributed by atoms with van der Waals surface area (Å²) >= 11 is 0. The molecule has 4 nitrogen and oxygen atoms in total. The maximum absolute atomic E-state index is 13.6.